The van der Waals surface area contributed by atoms with E-state index in [1.54, 1.807) is 36.5 Å². The van der Waals surface area contributed by atoms with E-state index in [1.807, 2.05) is 6.07 Å². The molecule has 2 aromatic heterocycles. The molecule has 0 atom stereocenters. The van der Waals surface area contributed by atoms with Crippen LogP contribution < -0.4 is 11.1 Å². The Morgan fingerprint density at radius 3 is 3.00 bits per heavy atom. The fourth-order valence-corrected chi connectivity index (χ4v) is 1.87. The van der Waals surface area contributed by atoms with Crippen LogP contribution in [0, 0.1) is 0 Å². The van der Waals surface area contributed by atoms with Crippen molar-refractivity contribution in [3.05, 3.63) is 64.4 Å². The minimum Gasteiger partial charge on any atom is -0.408 e. The average molecular weight is 269 g/mol. The number of nitrogens with one attached hydrogen (secondary N) is 2. The molecule has 0 fully saturated rings. The summed E-state index contributed by atoms with van der Waals surface area (Å²) < 4.78 is 4.96. The lowest BCUT2D eigenvalue weighted by Gasteiger charge is -2.04. The van der Waals surface area contributed by atoms with E-state index in [2.05, 4.69) is 15.3 Å². The zero-order valence-electron chi connectivity index (χ0n) is 10.4. The Hall–Kier alpha value is -2.89. The van der Waals surface area contributed by atoms with Gasteiger partial charge in [-0.05, 0) is 29.8 Å². The molecule has 100 valence electrons. The van der Waals surface area contributed by atoms with Crippen LogP contribution in [-0.4, -0.2) is 15.9 Å². The molecule has 0 spiro atoms. The van der Waals surface area contributed by atoms with Crippen molar-refractivity contribution in [1.82, 2.24) is 15.3 Å². The van der Waals surface area contributed by atoms with E-state index in [4.69, 9.17) is 4.42 Å². The first-order chi connectivity index (χ1) is 9.72. The molecule has 0 aliphatic carbocycles. The lowest BCUT2D eigenvalue weighted by atomic mass is 10.2. The second-order valence-electron chi connectivity index (χ2n) is 4.24. The van der Waals surface area contributed by atoms with E-state index in [-0.39, 0.29) is 5.91 Å². The van der Waals surface area contributed by atoms with E-state index in [9.17, 15) is 9.59 Å². The predicted molar refractivity (Wildman–Crippen MR) is 72.2 cm³/mol. The fraction of sp³-hybridized carbons (Fsp3) is 0.0714. The van der Waals surface area contributed by atoms with E-state index in [0.29, 0.717) is 23.3 Å². The van der Waals surface area contributed by atoms with Gasteiger partial charge in [-0.15, -0.1) is 0 Å². The normalized spacial score (nSPS) is 10.6. The third kappa shape index (κ3) is 2.44. The van der Waals surface area contributed by atoms with Gasteiger partial charge in [-0.1, -0.05) is 12.1 Å². The van der Waals surface area contributed by atoms with E-state index in [0.717, 1.165) is 5.56 Å². The van der Waals surface area contributed by atoms with Crippen LogP contribution in [-0.2, 0) is 6.54 Å². The van der Waals surface area contributed by atoms with E-state index >= 15 is 0 Å². The van der Waals surface area contributed by atoms with Gasteiger partial charge in [0.05, 0.1) is 5.52 Å². The Morgan fingerprint density at radius 1 is 1.30 bits per heavy atom. The van der Waals surface area contributed by atoms with E-state index in [1.165, 1.54) is 0 Å². The lowest BCUT2D eigenvalue weighted by molar-refractivity contribution is 0.0946. The standard InChI is InChI=1S/C14H11N3O3/c18-13(11-3-1-2-6-15-11)16-8-9-4-5-10-12(7-9)20-14(19)17-10/h1-7H,8H2,(H,16,18)(H,17,19). The highest BCUT2D eigenvalue weighted by atomic mass is 16.4. The Morgan fingerprint density at radius 2 is 2.20 bits per heavy atom. The number of oxazole rings is 1. The number of aromatic nitrogens is 2. The maximum atomic E-state index is 11.8. The SMILES string of the molecule is O=C(NCc1ccc2[nH]c(=O)oc2c1)c1ccccn1. The minimum atomic E-state index is -0.491. The largest absolute Gasteiger partial charge is 0.417 e. The number of amides is 1. The summed E-state index contributed by atoms with van der Waals surface area (Å²) in [6.45, 7) is 0.334. The summed E-state index contributed by atoms with van der Waals surface area (Å²) in [5.74, 6) is -0.740. The number of hydrogen-bond acceptors (Lipinski definition) is 4. The summed E-state index contributed by atoms with van der Waals surface area (Å²) in [7, 11) is 0. The van der Waals surface area contributed by atoms with Crippen LogP contribution in [0.4, 0.5) is 0 Å². The molecule has 0 aliphatic rings. The van der Waals surface area contributed by atoms with Crippen molar-refractivity contribution in [1.29, 1.82) is 0 Å². The number of hydrogen-bond donors (Lipinski definition) is 2. The molecular weight excluding hydrogens is 258 g/mol. The van der Waals surface area contributed by atoms with Gasteiger partial charge >= 0.3 is 5.76 Å². The second-order valence-corrected chi connectivity index (χ2v) is 4.24. The number of H-pyrrole nitrogens is 1. The maximum absolute atomic E-state index is 11.8. The monoisotopic (exact) mass is 269 g/mol. The molecule has 0 bridgehead atoms. The molecule has 2 N–H and O–H groups in total. The fourth-order valence-electron chi connectivity index (χ4n) is 1.87. The van der Waals surface area contributed by atoms with Gasteiger partial charge in [-0.3, -0.25) is 14.8 Å². The average Bonchev–Trinajstić information content (AvgIpc) is 2.85. The minimum absolute atomic E-state index is 0.249. The molecular formula is C14H11N3O3. The molecule has 3 aromatic rings. The molecule has 20 heavy (non-hydrogen) atoms. The van der Waals surface area contributed by atoms with Crippen molar-refractivity contribution in [2.24, 2.45) is 0 Å². The second kappa shape index (κ2) is 5.00. The molecule has 0 unspecified atom stereocenters. The Labute approximate surface area is 113 Å². The number of benzene rings is 1. The van der Waals surface area contributed by atoms with Crippen LogP contribution >= 0.6 is 0 Å². The van der Waals surface area contributed by atoms with Gasteiger partial charge in [0.25, 0.3) is 5.91 Å². The Balaban J connectivity index is 1.73. The molecule has 0 saturated carbocycles. The van der Waals surface area contributed by atoms with Gasteiger partial charge < -0.3 is 9.73 Å². The van der Waals surface area contributed by atoms with Gasteiger partial charge in [0.15, 0.2) is 5.58 Å². The van der Waals surface area contributed by atoms with Crippen LogP contribution in [0.2, 0.25) is 0 Å². The lowest BCUT2D eigenvalue weighted by Crippen LogP contribution is -2.23. The van der Waals surface area contributed by atoms with Crippen LogP contribution in [0.5, 0.6) is 0 Å². The highest BCUT2D eigenvalue weighted by molar-refractivity contribution is 5.92. The van der Waals surface area contributed by atoms with Crippen molar-refractivity contribution in [2.45, 2.75) is 6.54 Å². The van der Waals surface area contributed by atoms with Crippen molar-refractivity contribution in [3.63, 3.8) is 0 Å². The zero-order chi connectivity index (χ0) is 13.9. The maximum Gasteiger partial charge on any atom is 0.417 e. The first-order valence-corrected chi connectivity index (χ1v) is 6.03. The van der Waals surface area contributed by atoms with Crippen molar-refractivity contribution in [2.75, 3.05) is 0 Å². The molecule has 2 heterocycles. The third-order valence-electron chi connectivity index (χ3n) is 2.84. The molecule has 1 amide bonds. The Kier molecular flexibility index (Phi) is 3.04. The zero-order valence-corrected chi connectivity index (χ0v) is 10.4. The number of nitrogens with zero attached hydrogens (tertiary/aromatic N) is 1. The van der Waals surface area contributed by atoms with E-state index < -0.39 is 5.76 Å². The number of pyridine rings is 1. The Bertz CT molecular complexity index is 805. The summed E-state index contributed by atoms with van der Waals surface area (Å²) in [6.07, 6.45) is 1.56. The van der Waals surface area contributed by atoms with Gasteiger partial charge in [-0.25, -0.2) is 4.79 Å². The number of carbonyl (C=O) groups excluding carboxylic acids is 1. The molecule has 6 heteroatoms. The molecule has 0 radical (unpaired) electrons. The number of carbonyl (C=O) groups is 1. The first-order valence-electron chi connectivity index (χ1n) is 6.03. The summed E-state index contributed by atoms with van der Waals surface area (Å²) in [6, 6.07) is 10.4. The van der Waals surface area contributed by atoms with Crippen LogP contribution in [0.25, 0.3) is 11.1 Å². The molecule has 3 rings (SSSR count). The van der Waals surface area contributed by atoms with Crippen LogP contribution in [0.1, 0.15) is 16.1 Å². The van der Waals surface area contributed by atoms with Gasteiger partial charge in [-0.2, -0.15) is 0 Å². The summed E-state index contributed by atoms with van der Waals surface area (Å²) >= 11 is 0. The third-order valence-corrected chi connectivity index (χ3v) is 2.84. The molecule has 0 aliphatic heterocycles. The summed E-state index contributed by atoms with van der Waals surface area (Å²) in [5.41, 5.74) is 2.31. The topological polar surface area (TPSA) is 88.0 Å². The summed E-state index contributed by atoms with van der Waals surface area (Å²) in [4.78, 5) is 29.4. The van der Waals surface area contributed by atoms with Gasteiger partial charge in [0.1, 0.15) is 5.69 Å². The summed E-state index contributed by atoms with van der Waals surface area (Å²) in [5, 5.41) is 2.76. The quantitative estimate of drug-likeness (QED) is 0.753. The molecule has 1 aromatic carbocycles. The molecule has 6 nitrogen and oxygen atoms in total. The highest BCUT2D eigenvalue weighted by Crippen LogP contribution is 2.12. The smallest absolute Gasteiger partial charge is 0.408 e. The van der Waals surface area contributed by atoms with Crippen molar-refractivity contribution >= 4 is 17.0 Å². The van der Waals surface area contributed by atoms with Gasteiger partial charge in [0.2, 0.25) is 0 Å². The molecule has 0 saturated heterocycles. The van der Waals surface area contributed by atoms with Crippen molar-refractivity contribution < 1.29 is 9.21 Å². The van der Waals surface area contributed by atoms with Crippen LogP contribution in [0.15, 0.2) is 51.8 Å². The first kappa shape index (κ1) is 12.2. The van der Waals surface area contributed by atoms with Gasteiger partial charge in [0, 0.05) is 12.7 Å². The van der Waals surface area contributed by atoms with Crippen LogP contribution in [0.3, 0.4) is 0 Å². The number of fused-ring (bicyclic) bond motifs is 1. The number of aromatic amines is 1. The highest BCUT2D eigenvalue weighted by Gasteiger charge is 2.07. The van der Waals surface area contributed by atoms with Crippen molar-refractivity contribution in [3.8, 4) is 0 Å². The predicted octanol–water partition coefficient (Wildman–Crippen LogP) is 1.45. The number of rotatable bonds is 3.